The number of piperazine rings is 1. The summed E-state index contributed by atoms with van der Waals surface area (Å²) in [7, 11) is 1.86. The average molecular weight is 571 g/mol. The van der Waals surface area contributed by atoms with E-state index in [1.165, 1.54) is 0 Å². The molecule has 2 aromatic heterocycles. The van der Waals surface area contributed by atoms with Crippen molar-refractivity contribution in [2.75, 3.05) is 70.5 Å². The molecular formula is C22H34IN7O3. The van der Waals surface area contributed by atoms with Gasteiger partial charge >= 0.3 is 0 Å². The van der Waals surface area contributed by atoms with Gasteiger partial charge in [-0.3, -0.25) is 19.4 Å². The lowest BCUT2D eigenvalue weighted by Crippen LogP contribution is -2.55. The maximum absolute atomic E-state index is 12.8. The van der Waals surface area contributed by atoms with Crippen molar-refractivity contribution in [3.05, 3.63) is 36.5 Å². The fraction of sp³-hybridized carbons (Fsp3) is 0.591. The number of nitrogens with zero attached hydrogens (tertiary/aromatic N) is 6. The van der Waals surface area contributed by atoms with Crippen molar-refractivity contribution >= 4 is 41.5 Å². The van der Waals surface area contributed by atoms with E-state index >= 15 is 0 Å². The zero-order valence-electron chi connectivity index (χ0n) is 19.2. The van der Waals surface area contributed by atoms with Crippen LogP contribution in [0.25, 0.3) is 0 Å². The van der Waals surface area contributed by atoms with Crippen molar-refractivity contribution in [1.82, 2.24) is 24.9 Å². The van der Waals surface area contributed by atoms with Crippen molar-refractivity contribution in [2.45, 2.75) is 12.8 Å². The molecule has 0 unspecified atom stereocenters. The largest absolute Gasteiger partial charge is 0.469 e. The SMILES string of the molecule is Cn1cc(N2CCN(C(=NCCCN3CCOCC3)NCCc3ccco3)CC2=O)cn1.I. The Bertz CT molecular complexity index is 880. The van der Waals surface area contributed by atoms with Crippen molar-refractivity contribution in [2.24, 2.45) is 12.0 Å². The molecule has 1 N–H and O–H groups in total. The number of carbonyl (C=O) groups is 1. The van der Waals surface area contributed by atoms with Crippen LogP contribution < -0.4 is 10.2 Å². The standard InChI is InChI=1S/C22H33N7O3.HI/c1-26-17-19(16-25-26)29-10-9-28(18-21(29)30)22(24-7-5-20-4-2-13-32-20)23-6-3-8-27-11-14-31-15-12-27;/h2,4,13,16-17H,3,5-12,14-15,18H2,1H3,(H,23,24);1H. The number of aryl methyl sites for hydroxylation is 1. The molecule has 0 radical (unpaired) electrons. The third-order valence-corrected chi connectivity index (χ3v) is 5.76. The summed E-state index contributed by atoms with van der Waals surface area (Å²) in [4.78, 5) is 23.9. The van der Waals surface area contributed by atoms with Crippen molar-refractivity contribution < 1.29 is 13.9 Å². The number of furan rings is 1. The van der Waals surface area contributed by atoms with Crippen LogP contribution in [0, 0.1) is 0 Å². The minimum absolute atomic E-state index is 0. The van der Waals surface area contributed by atoms with Gasteiger partial charge in [0.05, 0.1) is 31.4 Å². The zero-order chi connectivity index (χ0) is 22.2. The Kier molecular flexibility index (Phi) is 10.0. The summed E-state index contributed by atoms with van der Waals surface area (Å²) in [5.74, 6) is 1.78. The number of amides is 1. The summed E-state index contributed by atoms with van der Waals surface area (Å²) in [5.41, 5.74) is 0.840. The van der Waals surface area contributed by atoms with E-state index in [4.69, 9.17) is 14.1 Å². The topological polar surface area (TPSA) is 91.4 Å². The maximum atomic E-state index is 12.8. The van der Waals surface area contributed by atoms with E-state index in [1.807, 2.05) is 30.3 Å². The number of hydrogen-bond donors (Lipinski definition) is 1. The number of rotatable bonds is 8. The molecule has 33 heavy (non-hydrogen) atoms. The lowest BCUT2D eigenvalue weighted by molar-refractivity contribution is -0.120. The molecule has 1 amide bonds. The smallest absolute Gasteiger partial charge is 0.246 e. The number of aliphatic imine (C=N–C) groups is 1. The van der Waals surface area contributed by atoms with Gasteiger partial charge in [0.15, 0.2) is 5.96 Å². The predicted octanol–water partition coefficient (Wildman–Crippen LogP) is 1.19. The van der Waals surface area contributed by atoms with Gasteiger partial charge in [-0.15, -0.1) is 24.0 Å². The number of guanidine groups is 1. The molecule has 0 spiro atoms. The minimum Gasteiger partial charge on any atom is -0.469 e. The molecular weight excluding hydrogens is 537 g/mol. The Morgan fingerprint density at radius 3 is 2.79 bits per heavy atom. The van der Waals surface area contributed by atoms with Gasteiger partial charge in [0.2, 0.25) is 5.91 Å². The summed E-state index contributed by atoms with van der Waals surface area (Å²) in [6.45, 7) is 7.66. The van der Waals surface area contributed by atoms with Crippen molar-refractivity contribution in [3.8, 4) is 0 Å². The molecule has 4 rings (SSSR count). The highest BCUT2D eigenvalue weighted by Crippen LogP contribution is 2.16. The number of anilines is 1. The molecule has 2 aliphatic rings. The molecule has 0 saturated carbocycles. The quantitative estimate of drug-likeness (QED) is 0.220. The highest BCUT2D eigenvalue weighted by Gasteiger charge is 2.27. The number of carbonyl (C=O) groups excluding carboxylic acids is 1. The first-order valence-electron chi connectivity index (χ1n) is 11.3. The Morgan fingerprint density at radius 1 is 1.24 bits per heavy atom. The molecule has 10 nitrogen and oxygen atoms in total. The van der Waals surface area contributed by atoms with Gasteiger partial charge in [-0.05, 0) is 18.6 Å². The van der Waals surface area contributed by atoms with Crippen molar-refractivity contribution in [3.63, 3.8) is 0 Å². The van der Waals surface area contributed by atoms with E-state index < -0.39 is 0 Å². The summed E-state index contributed by atoms with van der Waals surface area (Å²) in [6.07, 6.45) is 7.04. The van der Waals surface area contributed by atoms with Crippen LogP contribution in [0.1, 0.15) is 12.2 Å². The second-order valence-corrected chi connectivity index (χ2v) is 8.11. The Balaban J connectivity index is 0.00000306. The van der Waals surface area contributed by atoms with E-state index in [2.05, 4.69) is 15.3 Å². The fourth-order valence-corrected chi connectivity index (χ4v) is 4.00. The lowest BCUT2D eigenvalue weighted by Gasteiger charge is -2.35. The van der Waals surface area contributed by atoms with Gasteiger partial charge < -0.3 is 24.3 Å². The summed E-state index contributed by atoms with van der Waals surface area (Å²) >= 11 is 0. The van der Waals surface area contributed by atoms with Crippen LogP contribution in [0.3, 0.4) is 0 Å². The molecule has 0 aromatic carbocycles. The van der Waals surface area contributed by atoms with Crippen LogP contribution >= 0.6 is 24.0 Å². The van der Waals surface area contributed by atoms with E-state index in [-0.39, 0.29) is 29.9 Å². The van der Waals surface area contributed by atoms with Gasteiger partial charge in [-0.1, -0.05) is 0 Å². The number of nitrogens with one attached hydrogen (secondary N) is 1. The van der Waals surface area contributed by atoms with Crippen LogP contribution in [0.4, 0.5) is 5.69 Å². The van der Waals surface area contributed by atoms with Crippen LogP contribution in [0.15, 0.2) is 40.2 Å². The molecule has 0 atom stereocenters. The van der Waals surface area contributed by atoms with E-state index in [0.717, 1.165) is 76.2 Å². The van der Waals surface area contributed by atoms with Gasteiger partial charge in [0.25, 0.3) is 0 Å². The average Bonchev–Trinajstić information content (AvgIpc) is 3.48. The molecule has 0 bridgehead atoms. The highest BCUT2D eigenvalue weighted by molar-refractivity contribution is 14.0. The summed E-state index contributed by atoms with van der Waals surface area (Å²) < 4.78 is 12.6. The van der Waals surface area contributed by atoms with Gasteiger partial charge in [-0.2, -0.15) is 5.10 Å². The summed E-state index contributed by atoms with van der Waals surface area (Å²) in [6, 6.07) is 3.86. The molecule has 2 saturated heterocycles. The van der Waals surface area contributed by atoms with Crippen molar-refractivity contribution in [1.29, 1.82) is 0 Å². The van der Waals surface area contributed by atoms with E-state index in [1.54, 1.807) is 22.0 Å². The molecule has 182 valence electrons. The first kappa shape index (κ1) is 25.5. The first-order valence-corrected chi connectivity index (χ1v) is 11.3. The molecule has 0 aliphatic carbocycles. The number of aromatic nitrogens is 2. The first-order chi connectivity index (χ1) is 15.7. The van der Waals surface area contributed by atoms with Crippen LogP contribution in [-0.2, 0) is 23.0 Å². The number of halogens is 1. The van der Waals surface area contributed by atoms with E-state index in [9.17, 15) is 4.79 Å². The third-order valence-electron chi connectivity index (χ3n) is 5.76. The number of hydrogen-bond acceptors (Lipinski definition) is 6. The Hall–Kier alpha value is -2.12. The Morgan fingerprint density at radius 2 is 2.09 bits per heavy atom. The number of ether oxygens (including phenoxy) is 1. The third kappa shape index (κ3) is 7.44. The maximum Gasteiger partial charge on any atom is 0.246 e. The van der Waals surface area contributed by atoms with Crippen LogP contribution in [0.2, 0.25) is 0 Å². The number of morpholine rings is 1. The molecule has 2 aliphatic heterocycles. The normalized spacial score (nSPS) is 17.8. The molecule has 2 aromatic rings. The minimum atomic E-state index is 0. The molecule has 2 fully saturated rings. The summed E-state index contributed by atoms with van der Waals surface area (Å²) in [5, 5.41) is 7.63. The fourth-order valence-electron chi connectivity index (χ4n) is 4.00. The van der Waals surface area contributed by atoms with Crippen LogP contribution in [0.5, 0.6) is 0 Å². The van der Waals surface area contributed by atoms with Gasteiger partial charge in [0.1, 0.15) is 12.3 Å². The monoisotopic (exact) mass is 571 g/mol. The van der Waals surface area contributed by atoms with Crippen LogP contribution in [-0.4, -0.2) is 97.0 Å². The van der Waals surface area contributed by atoms with E-state index in [0.29, 0.717) is 19.6 Å². The lowest BCUT2D eigenvalue weighted by atomic mass is 10.3. The Labute approximate surface area is 211 Å². The zero-order valence-corrected chi connectivity index (χ0v) is 21.5. The molecule has 4 heterocycles. The predicted molar refractivity (Wildman–Crippen MR) is 137 cm³/mol. The molecule has 11 heteroatoms. The second-order valence-electron chi connectivity index (χ2n) is 8.11. The second kappa shape index (κ2) is 12.9. The highest BCUT2D eigenvalue weighted by atomic mass is 127. The van der Waals surface area contributed by atoms with Gasteiger partial charge in [-0.25, -0.2) is 0 Å². The van der Waals surface area contributed by atoms with Gasteiger partial charge in [0, 0.05) is 65.5 Å².